The van der Waals surface area contributed by atoms with Crippen LogP contribution in [0.5, 0.6) is 0 Å². The summed E-state index contributed by atoms with van der Waals surface area (Å²) in [6.45, 7) is 0. The van der Waals surface area contributed by atoms with Crippen LogP contribution in [0.2, 0.25) is 0 Å². The first-order valence-corrected chi connectivity index (χ1v) is 48.0. The number of fused-ring (bicyclic) bond motifs is 18. The highest BCUT2D eigenvalue weighted by Crippen LogP contribution is 2.45. The molecule has 9 heterocycles. The predicted molar refractivity (Wildman–Crippen MR) is 584 cm³/mol. The normalized spacial score (nSPS) is 11.6. The monoisotopic (exact) mass is 1840 g/mol. The van der Waals surface area contributed by atoms with E-state index in [4.69, 9.17) is 58.1 Å². The van der Waals surface area contributed by atoms with E-state index in [0.29, 0.717) is 52.4 Å². The molecular weight excluding hydrogens is 1770 g/mol. The molecule has 29 rings (SSSR count). The molecule has 0 fully saturated rings. The van der Waals surface area contributed by atoms with Crippen LogP contribution in [-0.4, -0.2) is 58.6 Å². The molecule has 20 aromatic carbocycles. The largest absolute Gasteiger partial charge is 0.456 e. The van der Waals surface area contributed by atoms with Crippen molar-refractivity contribution >= 4 is 131 Å². The molecule has 0 saturated heterocycles. The minimum atomic E-state index is 0.592. The van der Waals surface area contributed by atoms with Crippen molar-refractivity contribution in [3.8, 4) is 142 Å². The molecule has 15 nitrogen and oxygen atoms in total. The van der Waals surface area contributed by atoms with E-state index in [1.807, 2.05) is 170 Å². The molecular formula is C129H80N12O3. The molecule has 144 heavy (non-hydrogen) atoms. The number of hydrogen-bond donors (Lipinski definition) is 0. The van der Waals surface area contributed by atoms with Crippen LogP contribution in [0.15, 0.2) is 499 Å². The number of aromatic nitrogens is 12. The van der Waals surface area contributed by atoms with Gasteiger partial charge in [-0.1, -0.05) is 346 Å². The van der Waals surface area contributed by atoms with Gasteiger partial charge >= 0.3 is 0 Å². The lowest BCUT2D eigenvalue weighted by Crippen LogP contribution is -2.01. The van der Waals surface area contributed by atoms with Gasteiger partial charge in [-0.15, -0.1) is 0 Å². The molecule has 0 aliphatic heterocycles. The molecule has 0 saturated carbocycles. The Morgan fingerprint density at radius 2 is 0.417 bits per heavy atom. The van der Waals surface area contributed by atoms with Gasteiger partial charge in [-0.2, -0.15) is 0 Å². The van der Waals surface area contributed by atoms with Gasteiger partial charge in [0.05, 0.1) is 33.1 Å². The van der Waals surface area contributed by atoms with Gasteiger partial charge in [-0.3, -0.25) is 0 Å². The maximum absolute atomic E-state index is 6.23. The summed E-state index contributed by atoms with van der Waals surface area (Å²) < 4.78 is 25.6. The van der Waals surface area contributed by atoms with Gasteiger partial charge in [0.25, 0.3) is 0 Å². The Hall–Kier alpha value is -19.8. The maximum Gasteiger partial charge on any atom is 0.164 e. The molecule has 0 aliphatic rings. The SMILES string of the molecule is c1ccc(-c2nc(-c3cccc(-c4ccc5c(c4)c4ccccc4n5-c4ccccc4)c3)nc(-c3ccc4c(c3)oc3ccccc34)n2)cc1.c1ccc(-c2nc(-c3cccc(-c4cccc5c4c4ccccc4n5-c4ccccc4)c3)nc(-c3ccc4c(c3)oc3ccccc34)n2)cc1.c1ccc(-c2nc(-c3cccc(-n4c5ccccc5c5ccccc54)c3)nc(-c3cccc4oc5ccccc5c34)n2)cc1. The lowest BCUT2D eigenvalue weighted by molar-refractivity contribution is 0.668. The second-order valence-electron chi connectivity index (χ2n) is 35.8. The Labute approximate surface area is 824 Å². The second kappa shape index (κ2) is 35.3. The van der Waals surface area contributed by atoms with Crippen LogP contribution < -0.4 is 0 Å². The van der Waals surface area contributed by atoms with E-state index >= 15 is 0 Å². The van der Waals surface area contributed by atoms with E-state index in [1.54, 1.807) is 0 Å². The van der Waals surface area contributed by atoms with Crippen molar-refractivity contribution in [2.24, 2.45) is 0 Å². The van der Waals surface area contributed by atoms with E-state index in [-0.39, 0.29) is 0 Å². The third-order valence-electron chi connectivity index (χ3n) is 27.1. The molecule has 0 unspecified atom stereocenters. The van der Waals surface area contributed by atoms with Gasteiger partial charge in [0.15, 0.2) is 52.4 Å². The quantitative estimate of drug-likeness (QED) is 0.101. The molecule has 674 valence electrons. The minimum absolute atomic E-state index is 0.592. The van der Waals surface area contributed by atoms with Crippen molar-refractivity contribution in [1.82, 2.24) is 58.6 Å². The zero-order valence-corrected chi connectivity index (χ0v) is 77.3. The number of hydrogen-bond acceptors (Lipinski definition) is 12. The van der Waals surface area contributed by atoms with Gasteiger partial charge in [0.1, 0.15) is 33.5 Å². The number of furan rings is 3. The summed E-state index contributed by atoms with van der Waals surface area (Å²) in [4.78, 5) is 45.3. The zero-order valence-electron chi connectivity index (χ0n) is 77.3. The van der Waals surface area contributed by atoms with E-state index in [1.165, 1.54) is 48.9 Å². The van der Waals surface area contributed by atoms with Crippen molar-refractivity contribution in [2.75, 3.05) is 0 Å². The highest BCUT2D eigenvalue weighted by Gasteiger charge is 2.25. The molecule has 0 N–H and O–H groups in total. The topological polar surface area (TPSA) is 170 Å². The van der Waals surface area contributed by atoms with Crippen molar-refractivity contribution in [2.45, 2.75) is 0 Å². The average Bonchev–Trinajstić information content (AvgIpc) is 1.58. The fourth-order valence-corrected chi connectivity index (χ4v) is 20.5. The van der Waals surface area contributed by atoms with Gasteiger partial charge in [-0.25, -0.2) is 44.9 Å². The van der Waals surface area contributed by atoms with Crippen LogP contribution in [0.1, 0.15) is 0 Å². The summed E-state index contributed by atoms with van der Waals surface area (Å²) in [7, 11) is 0. The van der Waals surface area contributed by atoms with E-state index in [9.17, 15) is 0 Å². The van der Waals surface area contributed by atoms with Gasteiger partial charge < -0.3 is 27.0 Å². The summed E-state index contributed by atoms with van der Waals surface area (Å²) in [5.41, 5.74) is 28.0. The summed E-state index contributed by atoms with van der Waals surface area (Å²) in [6.07, 6.45) is 0. The van der Waals surface area contributed by atoms with Crippen molar-refractivity contribution in [3.63, 3.8) is 0 Å². The second-order valence-corrected chi connectivity index (χ2v) is 35.8. The molecule has 15 heteroatoms. The predicted octanol–water partition coefficient (Wildman–Crippen LogP) is 32.9. The number of para-hydroxylation sites is 9. The third kappa shape index (κ3) is 15.0. The Morgan fingerprint density at radius 1 is 0.132 bits per heavy atom. The highest BCUT2D eigenvalue weighted by atomic mass is 16.3. The fraction of sp³-hybridized carbons (Fsp3) is 0. The van der Waals surface area contributed by atoms with Crippen LogP contribution in [0.4, 0.5) is 0 Å². The molecule has 0 amide bonds. The summed E-state index contributed by atoms with van der Waals surface area (Å²) >= 11 is 0. The van der Waals surface area contributed by atoms with Crippen LogP contribution in [0.25, 0.3) is 273 Å². The van der Waals surface area contributed by atoms with Gasteiger partial charge in [0, 0.05) is 132 Å². The van der Waals surface area contributed by atoms with E-state index in [0.717, 1.165) is 172 Å². The average molecular weight is 1850 g/mol. The molecule has 0 aliphatic carbocycles. The molecule has 0 spiro atoms. The summed E-state index contributed by atoms with van der Waals surface area (Å²) in [5, 5.41) is 13.7. The highest BCUT2D eigenvalue weighted by molar-refractivity contribution is 6.17. The Kier molecular flexibility index (Phi) is 20.5. The molecule has 29 aromatic rings. The van der Waals surface area contributed by atoms with Crippen LogP contribution >= 0.6 is 0 Å². The molecule has 0 bridgehead atoms. The number of nitrogens with zero attached hydrogens (tertiary/aromatic N) is 12. The van der Waals surface area contributed by atoms with E-state index in [2.05, 4.69) is 329 Å². The number of benzene rings is 20. The van der Waals surface area contributed by atoms with Gasteiger partial charge in [-0.05, 0) is 162 Å². The van der Waals surface area contributed by atoms with Crippen LogP contribution in [0, 0.1) is 0 Å². The Balaban J connectivity index is 0.000000108. The van der Waals surface area contributed by atoms with Crippen LogP contribution in [-0.2, 0) is 0 Å². The van der Waals surface area contributed by atoms with E-state index < -0.39 is 0 Å². The summed E-state index contributed by atoms with van der Waals surface area (Å²) in [6, 6.07) is 167. The Morgan fingerprint density at radius 3 is 0.924 bits per heavy atom. The number of rotatable bonds is 14. The fourth-order valence-electron chi connectivity index (χ4n) is 20.5. The lowest BCUT2D eigenvalue weighted by atomic mass is 9.97. The first kappa shape index (κ1) is 83.6. The van der Waals surface area contributed by atoms with Crippen molar-refractivity contribution in [1.29, 1.82) is 0 Å². The molecule has 0 radical (unpaired) electrons. The van der Waals surface area contributed by atoms with Crippen LogP contribution in [0.3, 0.4) is 0 Å². The first-order valence-electron chi connectivity index (χ1n) is 48.0. The molecule has 0 atom stereocenters. The minimum Gasteiger partial charge on any atom is -0.456 e. The smallest absolute Gasteiger partial charge is 0.164 e. The third-order valence-corrected chi connectivity index (χ3v) is 27.1. The standard InChI is InChI=1S/2C45H28N4O.C39H24N4O/c1-3-13-29(14-4-1)43-46-44(48-45(47-43)32-25-26-36-35-19-8-10-24-40(35)50-41(36)28-32)31-16-11-15-30(27-31)34-21-12-23-39-42(34)37-20-7-9-22-38(37)49(39)33-17-5-2-6-18-33;1-3-12-29(13-4-1)43-46-44(48-45(47-43)33-22-24-37-36-19-8-10-21-41(36)50-42(37)28-33)32-15-11-14-30(26-32)31-23-25-40-38(27-31)35-18-7-9-20-39(35)49(40)34-16-5-2-6-17-34;1-2-12-25(13-3-1)37-40-38(42-39(41-37)31-19-11-23-35-36(31)30-18-6-9-22-34(30)44-35)26-14-10-15-27(24-26)43-32-20-7-4-16-28(32)29-17-5-8-21-33(29)43/h2*1-28H;1-24H. The lowest BCUT2D eigenvalue weighted by Gasteiger charge is -2.12. The van der Waals surface area contributed by atoms with Crippen molar-refractivity contribution in [3.05, 3.63) is 485 Å². The van der Waals surface area contributed by atoms with Gasteiger partial charge in [0.2, 0.25) is 0 Å². The Bertz CT molecular complexity index is 10000. The maximum atomic E-state index is 6.23. The summed E-state index contributed by atoms with van der Waals surface area (Å²) in [5.74, 6) is 5.49. The van der Waals surface area contributed by atoms with Crippen molar-refractivity contribution < 1.29 is 13.3 Å². The zero-order chi connectivity index (χ0) is 95.1. The first-order chi connectivity index (χ1) is 71.4. The molecule has 9 aromatic heterocycles.